The Morgan fingerprint density at radius 3 is 2.31 bits per heavy atom. The summed E-state index contributed by atoms with van der Waals surface area (Å²) in [6, 6.07) is 14.5. The van der Waals surface area contributed by atoms with Crippen LogP contribution in [0.4, 0.5) is 17.1 Å². The number of ether oxygens (including phenoxy) is 1. The smallest absolute Gasteiger partial charge is 0.243 e. The summed E-state index contributed by atoms with van der Waals surface area (Å²) in [7, 11) is 0. The van der Waals surface area contributed by atoms with Gasteiger partial charge in [0.25, 0.3) is 0 Å². The molecule has 0 saturated heterocycles. The summed E-state index contributed by atoms with van der Waals surface area (Å²) in [4.78, 5) is 23.2. The van der Waals surface area contributed by atoms with Gasteiger partial charge in [-0.1, -0.05) is 19.4 Å². The molecular formula is C20H25N3O3. The van der Waals surface area contributed by atoms with E-state index in [0.717, 1.165) is 24.3 Å². The van der Waals surface area contributed by atoms with Gasteiger partial charge in [0.2, 0.25) is 11.8 Å². The molecule has 2 aromatic carbocycles. The van der Waals surface area contributed by atoms with Crippen molar-refractivity contribution in [2.75, 3.05) is 29.1 Å². The molecule has 0 saturated carbocycles. The Labute approximate surface area is 153 Å². The van der Waals surface area contributed by atoms with Crippen LogP contribution in [-0.2, 0) is 9.59 Å². The van der Waals surface area contributed by atoms with Gasteiger partial charge in [-0.05, 0) is 48.9 Å². The molecule has 0 radical (unpaired) electrons. The largest absolute Gasteiger partial charge is 0.494 e. The molecule has 6 heteroatoms. The molecule has 0 atom stereocenters. The number of nitrogens with one attached hydrogen (secondary N) is 3. The Bertz CT molecular complexity index is 729. The number of carbonyl (C=O) groups excluding carboxylic acids is 2. The number of unbranched alkanes of at least 4 members (excludes halogenated alkanes) is 1. The summed E-state index contributed by atoms with van der Waals surface area (Å²) in [5.74, 6) is 0.494. The van der Waals surface area contributed by atoms with E-state index in [4.69, 9.17) is 4.74 Å². The van der Waals surface area contributed by atoms with Crippen LogP contribution in [0.25, 0.3) is 0 Å². The standard InChI is InChI=1S/C20H25N3O3/c1-3-4-12-26-19-10-8-16(9-11-19)21-14-20(25)23-18-7-5-6-17(13-18)22-15(2)24/h5-11,13,21H,3-4,12,14H2,1-2H3,(H,22,24)(H,23,25). The van der Waals surface area contributed by atoms with E-state index in [1.165, 1.54) is 6.92 Å². The minimum atomic E-state index is -0.173. The van der Waals surface area contributed by atoms with Crippen molar-refractivity contribution in [3.05, 3.63) is 48.5 Å². The molecule has 0 aliphatic carbocycles. The SMILES string of the molecule is CCCCOc1ccc(NCC(=O)Nc2cccc(NC(C)=O)c2)cc1. The summed E-state index contributed by atoms with van der Waals surface area (Å²) >= 11 is 0. The van der Waals surface area contributed by atoms with E-state index in [0.29, 0.717) is 18.0 Å². The predicted octanol–water partition coefficient (Wildman–Crippen LogP) is 3.87. The maximum Gasteiger partial charge on any atom is 0.243 e. The maximum atomic E-state index is 12.1. The van der Waals surface area contributed by atoms with Gasteiger partial charge in [0.15, 0.2) is 0 Å². The van der Waals surface area contributed by atoms with E-state index in [1.54, 1.807) is 24.3 Å². The molecule has 2 aromatic rings. The number of hydrogen-bond acceptors (Lipinski definition) is 4. The lowest BCUT2D eigenvalue weighted by Crippen LogP contribution is -2.21. The van der Waals surface area contributed by atoms with Gasteiger partial charge in [0.05, 0.1) is 13.2 Å². The lowest BCUT2D eigenvalue weighted by Gasteiger charge is -2.10. The number of benzene rings is 2. The van der Waals surface area contributed by atoms with Crippen LogP contribution in [-0.4, -0.2) is 25.0 Å². The number of carbonyl (C=O) groups is 2. The van der Waals surface area contributed by atoms with Crippen LogP contribution in [0.15, 0.2) is 48.5 Å². The first-order chi connectivity index (χ1) is 12.6. The molecule has 0 fully saturated rings. The molecular weight excluding hydrogens is 330 g/mol. The number of amides is 2. The summed E-state index contributed by atoms with van der Waals surface area (Å²) in [6.07, 6.45) is 2.13. The van der Waals surface area contributed by atoms with E-state index < -0.39 is 0 Å². The van der Waals surface area contributed by atoms with Gasteiger partial charge in [-0.15, -0.1) is 0 Å². The normalized spacial score (nSPS) is 10.1. The zero-order valence-corrected chi connectivity index (χ0v) is 15.2. The highest BCUT2D eigenvalue weighted by Gasteiger charge is 2.04. The minimum absolute atomic E-state index is 0.139. The van der Waals surface area contributed by atoms with Crippen LogP contribution in [0.2, 0.25) is 0 Å². The summed E-state index contributed by atoms with van der Waals surface area (Å²) in [5, 5.41) is 8.54. The quantitative estimate of drug-likeness (QED) is 0.597. The molecule has 26 heavy (non-hydrogen) atoms. The summed E-state index contributed by atoms with van der Waals surface area (Å²) in [5.41, 5.74) is 2.11. The second kappa shape index (κ2) is 10.1. The molecule has 6 nitrogen and oxygen atoms in total. The average molecular weight is 355 g/mol. The van der Waals surface area contributed by atoms with Crippen molar-refractivity contribution in [2.45, 2.75) is 26.7 Å². The second-order valence-corrected chi connectivity index (χ2v) is 5.89. The lowest BCUT2D eigenvalue weighted by molar-refractivity contribution is -0.115. The fourth-order valence-electron chi connectivity index (χ4n) is 2.27. The van der Waals surface area contributed by atoms with E-state index in [2.05, 4.69) is 22.9 Å². The molecule has 0 bridgehead atoms. The molecule has 0 aliphatic heterocycles. The minimum Gasteiger partial charge on any atom is -0.494 e. The van der Waals surface area contributed by atoms with Crippen molar-refractivity contribution in [3.8, 4) is 5.75 Å². The van der Waals surface area contributed by atoms with Gasteiger partial charge in [0.1, 0.15) is 5.75 Å². The van der Waals surface area contributed by atoms with Crippen molar-refractivity contribution in [3.63, 3.8) is 0 Å². The third-order valence-corrected chi connectivity index (χ3v) is 3.54. The Balaban J connectivity index is 1.80. The molecule has 0 aromatic heterocycles. The second-order valence-electron chi connectivity index (χ2n) is 5.89. The molecule has 3 N–H and O–H groups in total. The predicted molar refractivity (Wildman–Crippen MR) is 105 cm³/mol. The number of anilines is 3. The van der Waals surface area contributed by atoms with Gasteiger partial charge in [-0.25, -0.2) is 0 Å². The van der Waals surface area contributed by atoms with Crippen LogP contribution in [0.1, 0.15) is 26.7 Å². The van der Waals surface area contributed by atoms with Crippen molar-refractivity contribution in [2.24, 2.45) is 0 Å². The van der Waals surface area contributed by atoms with Crippen molar-refractivity contribution < 1.29 is 14.3 Å². The fraction of sp³-hybridized carbons (Fsp3) is 0.300. The van der Waals surface area contributed by atoms with Crippen molar-refractivity contribution in [1.29, 1.82) is 0 Å². The monoisotopic (exact) mass is 355 g/mol. The molecule has 0 heterocycles. The highest BCUT2D eigenvalue weighted by molar-refractivity contribution is 5.95. The van der Waals surface area contributed by atoms with E-state index in [1.807, 2.05) is 24.3 Å². The molecule has 0 unspecified atom stereocenters. The zero-order valence-electron chi connectivity index (χ0n) is 15.2. The first kappa shape index (κ1) is 19.3. The molecule has 0 spiro atoms. The topological polar surface area (TPSA) is 79.5 Å². The molecule has 2 amide bonds. The van der Waals surface area contributed by atoms with Crippen LogP contribution >= 0.6 is 0 Å². The summed E-state index contributed by atoms with van der Waals surface area (Å²) < 4.78 is 5.61. The maximum absolute atomic E-state index is 12.1. The first-order valence-corrected chi connectivity index (χ1v) is 8.71. The third kappa shape index (κ3) is 6.84. The van der Waals surface area contributed by atoms with Gasteiger partial charge in [-0.2, -0.15) is 0 Å². The average Bonchev–Trinajstić information content (AvgIpc) is 2.61. The van der Waals surface area contributed by atoms with Gasteiger partial charge >= 0.3 is 0 Å². The van der Waals surface area contributed by atoms with Crippen LogP contribution in [0, 0.1) is 0 Å². The van der Waals surface area contributed by atoms with Crippen LogP contribution in [0.5, 0.6) is 5.75 Å². The highest BCUT2D eigenvalue weighted by atomic mass is 16.5. The molecule has 138 valence electrons. The Hall–Kier alpha value is -3.02. The third-order valence-electron chi connectivity index (χ3n) is 3.54. The van der Waals surface area contributed by atoms with Crippen molar-refractivity contribution >= 4 is 28.9 Å². The summed E-state index contributed by atoms with van der Waals surface area (Å²) in [6.45, 7) is 4.41. The van der Waals surface area contributed by atoms with Gasteiger partial charge < -0.3 is 20.7 Å². The zero-order chi connectivity index (χ0) is 18.8. The van der Waals surface area contributed by atoms with E-state index in [-0.39, 0.29) is 18.4 Å². The number of hydrogen-bond donors (Lipinski definition) is 3. The Kier molecular flexibility index (Phi) is 7.49. The van der Waals surface area contributed by atoms with Crippen molar-refractivity contribution in [1.82, 2.24) is 0 Å². The first-order valence-electron chi connectivity index (χ1n) is 8.71. The molecule has 0 aliphatic rings. The van der Waals surface area contributed by atoms with E-state index >= 15 is 0 Å². The Morgan fingerprint density at radius 2 is 1.65 bits per heavy atom. The molecule has 2 rings (SSSR count). The van der Waals surface area contributed by atoms with Crippen LogP contribution in [0.3, 0.4) is 0 Å². The highest BCUT2D eigenvalue weighted by Crippen LogP contribution is 2.17. The fourth-order valence-corrected chi connectivity index (χ4v) is 2.27. The van der Waals surface area contributed by atoms with Crippen LogP contribution < -0.4 is 20.7 Å². The van der Waals surface area contributed by atoms with E-state index in [9.17, 15) is 9.59 Å². The lowest BCUT2D eigenvalue weighted by atomic mass is 10.2. The van der Waals surface area contributed by atoms with Gasteiger partial charge in [-0.3, -0.25) is 9.59 Å². The van der Waals surface area contributed by atoms with Gasteiger partial charge in [0, 0.05) is 24.0 Å². The Morgan fingerprint density at radius 1 is 0.962 bits per heavy atom. The number of rotatable bonds is 9.